The highest BCUT2D eigenvalue weighted by molar-refractivity contribution is 5.94. The van der Waals surface area contributed by atoms with Crippen molar-refractivity contribution >= 4 is 16.6 Å². The van der Waals surface area contributed by atoms with E-state index < -0.39 is 0 Å². The zero-order chi connectivity index (χ0) is 19.7. The average molecular weight is 373 g/mol. The quantitative estimate of drug-likeness (QED) is 0.740. The van der Waals surface area contributed by atoms with Gasteiger partial charge in [-0.05, 0) is 48.9 Å². The van der Waals surface area contributed by atoms with E-state index in [1.165, 1.54) is 5.56 Å². The number of aromatic hydroxyl groups is 1. The lowest BCUT2D eigenvalue weighted by atomic mass is 9.92. The van der Waals surface area contributed by atoms with Gasteiger partial charge in [0.25, 0.3) is 5.56 Å². The summed E-state index contributed by atoms with van der Waals surface area (Å²) in [4.78, 5) is 15.0. The van der Waals surface area contributed by atoms with E-state index in [0.717, 1.165) is 48.9 Å². The number of hydrogen-bond acceptors (Lipinski definition) is 4. The van der Waals surface area contributed by atoms with Crippen LogP contribution < -0.4 is 10.5 Å². The monoisotopic (exact) mass is 373 g/mol. The molecule has 5 nitrogen and oxygen atoms in total. The number of phenols is 1. The fourth-order valence-electron chi connectivity index (χ4n) is 4.31. The van der Waals surface area contributed by atoms with Gasteiger partial charge in [0, 0.05) is 25.5 Å². The largest absolute Gasteiger partial charge is 0.508 e. The Morgan fingerprint density at radius 1 is 1.07 bits per heavy atom. The van der Waals surface area contributed by atoms with E-state index in [0.29, 0.717) is 5.92 Å². The summed E-state index contributed by atoms with van der Waals surface area (Å²) >= 11 is 0. The molecule has 0 spiro atoms. The van der Waals surface area contributed by atoms with Crippen molar-refractivity contribution in [3.8, 4) is 11.8 Å². The second kappa shape index (κ2) is 7.40. The smallest absolute Gasteiger partial charge is 0.270 e. The molecule has 3 aromatic rings. The summed E-state index contributed by atoms with van der Waals surface area (Å²) in [6, 6.07) is 17.4. The van der Waals surface area contributed by atoms with Crippen molar-refractivity contribution in [3.05, 3.63) is 70.0 Å². The number of nitrogens with zero attached hydrogens (tertiary/aromatic N) is 3. The molecule has 0 bridgehead atoms. The molecule has 142 valence electrons. The molecule has 28 heavy (non-hydrogen) atoms. The molecular weight excluding hydrogens is 350 g/mol. The molecule has 5 heteroatoms. The fraction of sp³-hybridized carbons (Fsp3) is 0.304. The number of anilines is 1. The van der Waals surface area contributed by atoms with Crippen molar-refractivity contribution in [1.82, 2.24) is 4.57 Å². The van der Waals surface area contributed by atoms with Crippen molar-refractivity contribution < 1.29 is 5.11 Å². The van der Waals surface area contributed by atoms with E-state index in [2.05, 4.69) is 11.0 Å². The highest BCUT2D eigenvalue weighted by Gasteiger charge is 2.24. The van der Waals surface area contributed by atoms with Gasteiger partial charge in [0.2, 0.25) is 0 Å². The summed E-state index contributed by atoms with van der Waals surface area (Å²) in [5.74, 6) is 0.693. The fourth-order valence-corrected chi connectivity index (χ4v) is 4.31. The minimum absolute atomic E-state index is 0.226. The van der Waals surface area contributed by atoms with Crippen LogP contribution in [0.1, 0.15) is 36.3 Å². The Balaban J connectivity index is 1.73. The van der Waals surface area contributed by atoms with Gasteiger partial charge in [-0.2, -0.15) is 5.26 Å². The van der Waals surface area contributed by atoms with Crippen molar-refractivity contribution in [2.24, 2.45) is 7.05 Å². The van der Waals surface area contributed by atoms with Gasteiger partial charge in [0.1, 0.15) is 17.4 Å². The molecule has 0 radical (unpaired) electrons. The van der Waals surface area contributed by atoms with Gasteiger partial charge >= 0.3 is 0 Å². The standard InChI is InChI=1S/C23H23N3O2/c1-25-21-7-3-2-6-19(21)22(20(15-24)23(25)28)26-13-4-5-16(12-14-26)17-8-10-18(27)11-9-17/h2-3,6-11,16,27H,4-5,12-14H2,1H3. The minimum atomic E-state index is -0.240. The molecule has 2 heterocycles. The molecule has 1 saturated heterocycles. The van der Waals surface area contributed by atoms with Crippen molar-refractivity contribution in [2.75, 3.05) is 18.0 Å². The number of phenolic OH excluding ortho intramolecular Hbond substituents is 1. The van der Waals surface area contributed by atoms with Crippen molar-refractivity contribution in [3.63, 3.8) is 0 Å². The first-order chi connectivity index (χ1) is 13.6. The maximum absolute atomic E-state index is 12.8. The van der Waals surface area contributed by atoms with Crippen LogP contribution in [0.4, 0.5) is 5.69 Å². The number of para-hydroxylation sites is 1. The highest BCUT2D eigenvalue weighted by atomic mass is 16.3. The molecule has 0 saturated carbocycles. The highest BCUT2D eigenvalue weighted by Crippen LogP contribution is 2.34. The number of fused-ring (bicyclic) bond motifs is 1. The van der Waals surface area contributed by atoms with Crippen LogP contribution in [0.2, 0.25) is 0 Å². The van der Waals surface area contributed by atoms with Crippen LogP contribution >= 0.6 is 0 Å². The average Bonchev–Trinajstić information content (AvgIpc) is 2.97. The second-order valence-corrected chi connectivity index (χ2v) is 7.42. The van der Waals surface area contributed by atoms with Crippen LogP contribution in [0.5, 0.6) is 5.75 Å². The molecule has 1 aromatic heterocycles. The molecule has 1 atom stereocenters. The second-order valence-electron chi connectivity index (χ2n) is 7.42. The van der Waals surface area contributed by atoms with Crippen LogP contribution in [-0.2, 0) is 7.05 Å². The lowest BCUT2D eigenvalue weighted by Crippen LogP contribution is -2.30. The van der Waals surface area contributed by atoms with Crippen LogP contribution in [0, 0.1) is 11.3 Å². The van der Waals surface area contributed by atoms with E-state index in [9.17, 15) is 15.2 Å². The van der Waals surface area contributed by atoms with Crippen LogP contribution in [-0.4, -0.2) is 22.8 Å². The summed E-state index contributed by atoms with van der Waals surface area (Å²) in [5, 5.41) is 20.2. The van der Waals surface area contributed by atoms with Crippen molar-refractivity contribution in [1.29, 1.82) is 5.26 Å². The summed E-state index contributed by atoms with van der Waals surface area (Å²) in [5.41, 5.74) is 2.84. The summed E-state index contributed by atoms with van der Waals surface area (Å²) < 4.78 is 1.56. The van der Waals surface area contributed by atoms with E-state index in [-0.39, 0.29) is 16.9 Å². The van der Waals surface area contributed by atoms with Gasteiger partial charge in [0.15, 0.2) is 0 Å². The SMILES string of the molecule is Cn1c(=O)c(C#N)c(N2CCCC(c3ccc(O)cc3)CC2)c2ccccc21. The topological polar surface area (TPSA) is 69.3 Å². The summed E-state index contributed by atoms with van der Waals surface area (Å²) in [6.45, 7) is 1.61. The third kappa shape index (κ3) is 3.11. The molecule has 2 aromatic carbocycles. The molecule has 1 unspecified atom stereocenters. The number of pyridine rings is 1. The molecular formula is C23H23N3O2. The number of benzene rings is 2. The first-order valence-electron chi connectivity index (χ1n) is 9.66. The van der Waals surface area contributed by atoms with Crippen LogP contribution in [0.15, 0.2) is 53.3 Å². The number of aryl methyl sites for hydroxylation is 1. The third-order valence-corrected chi connectivity index (χ3v) is 5.80. The van der Waals surface area contributed by atoms with Gasteiger partial charge in [-0.1, -0.05) is 30.3 Å². The van der Waals surface area contributed by atoms with Gasteiger partial charge in [-0.15, -0.1) is 0 Å². The molecule has 1 aliphatic rings. The normalized spacial score (nSPS) is 17.3. The zero-order valence-electron chi connectivity index (χ0n) is 15.9. The Morgan fingerprint density at radius 3 is 2.57 bits per heavy atom. The van der Waals surface area contributed by atoms with E-state index in [1.54, 1.807) is 23.7 Å². The molecule has 0 amide bonds. The Labute approximate surface area is 164 Å². The van der Waals surface area contributed by atoms with Gasteiger partial charge in [-0.3, -0.25) is 4.79 Å². The first kappa shape index (κ1) is 18.1. The minimum Gasteiger partial charge on any atom is -0.508 e. The molecule has 4 rings (SSSR count). The third-order valence-electron chi connectivity index (χ3n) is 5.80. The molecule has 1 N–H and O–H groups in total. The van der Waals surface area contributed by atoms with E-state index in [1.807, 2.05) is 36.4 Å². The molecule has 1 aliphatic heterocycles. The summed E-state index contributed by atoms with van der Waals surface area (Å²) in [6.07, 6.45) is 2.98. The van der Waals surface area contributed by atoms with Crippen LogP contribution in [0.3, 0.4) is 0 Å². The zero-order valence-corrected chi connectivity index (χ0v) is 15.9. The number of hydrogen-bond donors (Lipinski definition) is 1. The summed E-state index contributed by atoms with van der Waals surface area (Å²) in [7, 11) is 1.72. The van der Waals surface area contributed by atoms with E-state index >= 15 is 0 Å². The van der Waals surface area contributed by atoms with Gasteiger partial charge in [0.05, 0.1) is 11.2 Å². The predicted molar refractivity (Wildman–Crippen MR) is 111 cm³/mol. The van der Waals surface area contributed by atoms with E-state index in [4.69, 9.17) is 0 Å². The number of rotatable bonds is 2. The van der Waals surface area contributed by atoms with Crippen molar-refractivity contribution in [2.45, 2.75) is 25.2 Å². The lowest BCUT2D eigenvalue weighted by Gasteiger charge is -2.26. The number of aromatic nitrogens is 1. The van der Waals surface area contributed by atoms with Crippen LogP contribution in [0.25, 0.3) is 10.9 Å². The molecule has 1 fully saturated rings. The Hall–Kier alpha value is -3.26. The number of nitriles is 1. The maximum Gasteiger partial charge on any atom is 0.270 e. The lowest BCUT2D eigenvalue weighted by molar-refractivity contribution is 0.474. The maximum atomic E-state index is 12.8. The molecule has 0 aliphatic carbocycles. The predicted octanol–water partition coefficient (Wildman–Crippen LogP) is 3.89. The Morgan fingerprint density at radius 2 is 1.82 bits per heavy atom. The van der Waals surface area contributed by atoms with Gasteiger partial charge in [-0.25, -0.2) is 0 Å². The Bertz CT molecular complexity index is 1110. The van der Waals surface area contributed by atoms with Gasteiger partial charge < -0.3 is 14.6 Å². The first-order valence-corrected chi connectivity index (χ1v) is 9.66. The Kier molecular flexibility index (Phi) is 4.79.